The van der Waals surface area contributed by atoms with Gasteiger partial charge in [-0.1, -0.05) is 95.3 Å². The van der Waals surface area contributed by atoms with Crippen molar-refractivity contribution < 1.29 is 122 Å². The second-order valence-corrected chi connectivity index (χ2v) is 22.0. The first-order valence-corrected chi connectivity index (χ1v) is 32.2. The number of nitrogens with two attached hydrogens (primary N) is 1. The number of nitro groups is 3. The van der Waals surface area contributed by atoms with E-state index in [2.05, 4.69) is 131 Å². The van der Waals surface area contributed by atoms with Crippen molar-refractivity contribution in [2.24, 2.45) is 0 Å². The molecule has 4 heterocycles. The zero-order valence-electron chi connectivity index (χ0n) is 53.1. The molecule has 7 rings (SSSR count). The van der Waals surface area contributed by atoms with E-state index < -0.39 is 38.7 Å². The number of alkyl halides is 1. The largest absolute Gasteiger partial charge is 1.00 e. The van der Waals surface area contributed by atoms with Crippen LogP contribution in [0.1, 0.15) is 66.6 Å². The first-order valence-electron chi connectivity index (χ1n) is 27.7. The van der Waals surface area contributed by atoms with Crippen LogP contribution in [0.15, 0.2) is 165 Å². The Labute approximate surface area is 665 Å². The van der Waals surface area contributed by atoms with E-state index >= 15 is 0 Å². The van der Waals surface area contributed by atoms with Gasteiger partial charge in [-0.2, -0.15) is 0 Å². The molecule has 1 fully saturated rings. The van der Waals surface area contributed by atoms with E-state index in [0.717, 1.165) is 29.4 Å². The molecular formula is C63H78BBr5ClIN10NaO17. The summed E-state index contributed by atoms with van der Waals surface area (Å²) in [6, 6.07) is 25.8. The van der Waals surface area contributed by atoms with Crippen molar-refractivity contribution in [1.29, 1.82) is 0 Å². The summed E-state index contributed by atoms with van der Waals surface area (Å²) in [6.07, 6.45) is 6.70. The van der Waals surface area contributed by atoms with Gasteiger partial charge in [0.2, 0.25) is 5.82 Å². The molecule has 27 nitrogen and oxygen atoms in total. The zero-order chi connectivity index (χ0) is 70.1. The number of hydrogen-bond donors (Lipinski definition) is 3. The van der Waals surface area contributed by atoms with Gasteiger partial charge >= 0.3 is 64.9 Å². The Morgan fingerprint density at radius 2 is 0.990 bits per heavy atom. The number of benzene rings is 3. The Morgan fingerprint density at radius 3 is 1.34 bits per heavy atom. The van der Waals surface area contributed by atoms with Crippen LogP contribution in [0.25, 0.3) is 0 Å². The number of amides is 3. The molecule has 3 amide bonds. The van der Waals surface area contributed by atoms with Crippen LogP contribution in [0.5, 0.6) is 17.2 Å². The van der Waals surface area contributed by atoms with Gasteiger partial charge in [0.25, 0.3) is 0 Å². The summed E-state index contributed by atoms with van der Waals surface area (Å²) in [6.45, 7) is 22.6. The standard InChI is InChI=1S/C18H17Br2N3O5.C18H19BrN4O5.C10H11ClO.C8H7Br2N3O4.C4H8O.C3H6O.2CH4.B.HI.Na.H2/c2*1-3-8-28-13-7-5-6-12(9-13)11-22(18(24)27-4-2)14-10-15(19)21-17(20)16(14)23(25)26;1-2-6-12-10-5-3-4-9(7-10)8-11;1-2-17-8(14)11-4-3-5(9)12-7(10)6(4)13(15)16;1-2-4-5-3-1;1-2-3-4;;;;;;/h3,5-7,9-10H,1,4,8,11H2,2H3;3,5-7,9-10H,1,4,8,11H2,2H3,(H2,20,21);2-5,7H,1,6,8H2;3H,2H2,1H3,(H,11,12,14);1-4H2;2,4H,1,3H2;2*1H4;;1H;;1H/q;;;;;;;;;;+1;/p-1/i;;;;;;;;;;;1+1. The number of nitrogens with zero attached hydrogens (tertiary/aromatic N) is 8. The number of pyridine rings is 3. The predicted octanol–water partition coefficient (Wildman–Crippen LogP) is 11.5. The van der Waals surface area contributed by atoms with Crippen molar-refractivity contribution in [2.75, 3.05) is 80.3 Å². The van der Waals surface area contributed by atoms with E-state index in [1.807, 2.05) is 24.3 Å². The minimum atomic E-state index is -0.763. The summed E-state index contributed by atoms with van der Waals surface area (Å²) in [4.78, 5) is 82.3. The third-order valence-electron chi connectivity index (χ3n) is 11.0. The number of anilines is 4. The van der Waals surface area contributed by atoms with Crippen molar-refractivity contribution in [3.8, 4) is 17.2 Å². The van der Waals surface area contributed by atoms with E-state index in [9.17, 15) is 44.7 Å². The summed E-state index contributed by atoms with van der Waals surface area (Å²) in [5.74, 6) is 2.21. The molecule has 36 heteroatoms. The minimum absolute atomic E-state index is 0. The maximum absolute atomic E-state index is 12.6. The second-order valence-electron chi connectivity index (χ2n) is 17.8. The topological polar surface area (TPSA) is 349 Å². The van der Waals surface area contributed by atoms with E-state index in [0.29, 0.717) is 57.5 Å². The van der Waals surface area contributed by atoms with Crippen molar-refractivity contribution >= 4 is 158 Å². The zero-order valence-corrected chi connectivity index (χ0v) is 65.9. The number of aliphatic hydroxyl groups excluding tert-OH is 1. The molecule has 4 N–H and O–H groups in total. The fourth-order valence-corrected chi connectivity index (χ4v) is 10.1. The number of nitrogens with one attached hydrogen (secondary N) is 1. The maximum atomic E-state index is 12.6. The summed E-state index contributed by atoms with van der Waals surface area (Å²) in [7, 11) is 0. The Kier molecular flexibility index (Phi) is 56.4. The van der Waals surface area contributed by atoms with Gasteiger partial charge in [-0.05, 0) is 166 Å². The van der Waals surface area contributed by atoms with Crippen LogP contribution in [0.3, 0.4) is 0 Å². The SMILES string of the molecule is C.C.C1CCOC1.C=CCO.C=CCOc1cccc(CCl)c1.C=CCOc1cccc(CN(C(=O)OCC)c2cc(Br)nc(Br)c2[N+](=O)[O-])c1.C=CCOc1cccc(CN(C(=O)OCC)c2cc(Br)nc(N)c2[N+](=O)[O-])c1.CCOC(=O)Nc1cc(Br)nc(Br)c1[N+](=O)[O-].[2HH].[B].[I-].[Na+]. The van der Waals surface area contributed by atoms with E-state index in [4.69, 9.17) is 50.9 Å². The summed E-state index contributed by atoms with van der Waals surface area (Å²) in [5, 5.41) is 44.0. The van der Waals surface area contributed by atoms with Gasteiger partial charge in [-0.25, -0.2) is 29.3 Å². The first-order chi connectivity index (χ1) is 45.0. The number of aliphatic hydroxyl groups is 1. The molecule has 0 atom stereocenters. The van der Waals surface area contributed by atoms with E-state index in [1.165, 1.54) is 42.0 Å². The van der Waals surface area contributed by atoms with Crippen LogP contribution in [-0.2, 0) is 37.9 Å². The van der Waals surface area contributed by atoms with Gasteiger partial charge in [-0.15, -0.1) is 18.2 Å². The Hall–Kier alpha value is -6.32. The van der Waals surface area contributed by atoms with Crippen LogP contribution in [0.2, 0.25) is 0 Å². The Bertz CT molecular complexity index is 3380. The smallest absolute Gasteiger partial charge is 1.00 e. The number of carbonyl (C=O) groups excluding carboxylic acids is 3. The Balaban J connectivity index is -0.000000390. The van der Waals surface area contributed by atoms with Gasteiger partial charge < -0.3 is 68.0 Å². The number of rotatable bonds is 24. The third-order valence-corrected chi connectivity index (χ3v) is 13.6. The van der Waals surface area contributed by atoms with Gasteiger partial charge in [0.05, 0.1) is 54.3 Å². The van der Waals surface area contributed by atoms with E-state index in [1.54, 1.807) is 87.5 Å². The monoisotopic (exact) mass is 1840 g/mol. The van der Waals surface area contributed by atoms with Gasteiger partial charge in [0, 0.05) is 47.1 Å². The fourth-order valence-electron chi connectivity index (χ4n) is 7.20. The number of nitrogen functional groups attached to an aromatic ring is 1. The molecule has 99 heavy (non-hydrogen) atoms. The average molecular weight is 1840 g/mol. The van der Waals surface area contributed by atoms with Crippen molar-refractivity contribution in [1.82, 2.24) is 15.0 Å². The van der Waals surface area contributed by atoms with Gasteiger partial charge in [0.1, 0.15) is 67.9 Å². The van der Waals surface area contributed by atoms with Crippen molar-refractivity contribution in [3.05, 3.63) is 212 Å². The van der Waals surface area contributed by atoms with Crippen molar-refractivity contribution in [3.63, 3.8) is 0 Å². The number of hydrogen-bond acceptors (Lipinski definition) is 21. The third kappa shape index (κ3) is 37.3. The van der Waals surface area contributed by atoms with Gasteiger partial charge in [0.15, 0.2) is 9.21 Å². The van der Waals surface area contributed by atoms with Crippen LogP contribution < -0.4 is 88.6 Å². The molecule has 0 spiro atoms. The number of ether oxygens (including phenoxy) is 7. The number of halogens is 7. The first kappa shape index (κ1) is 99.1. The molecule has 0 unspecified atom stereocenters. The van der Waals surface area contributed by atoms with E-state index in [-0.39, 0.29) is 166 Å². The molecule has 1 saturated heterocycles. The molecule has 1 aliphatic heterocycles. The number of aromatic nitrogens is 3. The summed E-state index contributed by atoms with van der Waals surface area (Å²) >= 11 is 21.1. The van der Waals surface area contributed by atoms with Crippen LogP contribution >= 0.6 is 91.3 Å². The molecule has 1 aliphatic rings. The molecular weight excluding hydrogens is 1760 g/mol. The molecule has 535 valence electrons. The minimum Gasteiger partial charge on any atom is -1.00 e. The quantitative estimate of drug-likeness (QED) is 0.00740. The molecule has 3 radical (unpaired) electrons. The molecule has 3 aromatic heterocycles. The summed E-state index contributed by atoms with van der Waals surface area (Å²) in [5.41, 5.74) is 7.04. The summed E-state index contributed by atoms with van der Waals surface area (Å²) < 4.78 is 37.0. The van der Waals surface area contributed by atoms with Gasteiger partial charge in [-0.3, -0.25) is 45.5 Å². The molecule has 3 aromatic carbocycles. The maximum Gasteiger partial charge on any atom is 1.00 e. The second kappa shape index (κ2) is 56.3. The predicted molar refractivity (Wildman–Crippen MR) is 397 cm³/mol. The molecule has 6 aromatic rings. The van der Waals surface area contributed by atoms with Crippen LogP contribution in [0, 0.1) is 30.3 Å². The Morgan fingerprint density at radius 1 is 0.626 bits per heavy atom. The van der Waals surface area contributed by atoms with Crippen LogP contribution in [-0.4, -0.2) is 121 Å². The normalized spacial score (nSPS) is 10.1. The molecule has 0 aliphatic carbocycles. The average Bonchev–Trinajstić information content (AvgIpc) is 1.46. The van der Waals surface area contributed by atoms with Crippen LogP contribution in [0.4, 0.5) is 54.3 Å². The fraction of sp³-hybridized carbons (Fsp3) is 0.302. The molecule has 0 saturated carbocycles. The van der Waals surface area contributed by atoms with Crippen molar-refractivity contribution in [2.45, 2.75) is 67.4 Å². The number of carbonyl (C=O) groups is 3. The molecule has 0 bridgehead atoms.